The third-order valence-electron chi connectivity index (χ3n) is 0.286. The molecule has 48 valence electrons. The molecule has 0 bridgehead atoms. The minimum Gasteiger partial charge on any atom is -0.212 e. The van der Waals surface area contributed by atoms with E-state index in [2.05, 4.69) is 12.2 Å². The van der Waals surface area contributed by atoms with Crippen LogP contribution in [0.3, 0.4) is 0 Å². The molecule has 0 N–H and O–H groups in total. The van der Waals surface area contributed by atoms with Crippen LogP contribution in [-0.2, 0) is 9.05 Å². The van der Waals surface area contributed by atoms with Crippen molar-refractivity contribution in [2.24, 2.45) is 0 Å². The van der Waals surface area contributed by atoms with E-state index >= 15 is 0 Å². The monoisotopic (exact) mass is 192 g/mol. The highest BCUT2D eigenvalue weighted by Gasteiger charge is 2.05. The molecule has 0 saturated carbocycles. The maximum absolute atomic E-state index is 10.0. The van der Waals surface area contributed by atoms with Crippen molar-refractivity contribution in [3.05, 3.63) is 0 Å². The fraction of sp³-hybridized carbons (Fsp3) is 0.500. The Balaban J connectivity index is 3.95. The topological polar surface area (TPSA) is 34.1 Å². The molecule has 0 aromatic carbocycles. The second-order valence-corrected chi connectivity index (χ2v) is 4.99. The summed E-state index contributed by atoms with van der Waals surface area (Å²) in [5.74, 6) is -0.439. The van der Waals surface area contributed by atoms with Crippen molar-refractivity contribution in [1.82, 2.24) is 0 Å². The Kier molecular flexibility index (Phi) is 3.19. The SMILES string of the molecule is O=S(=O)(Cl)CC(=S)Cl. The van der Waals surface area contributed by atoms with Gasteiger partial charge in [-0.1, -0.05) is 23.8 Å². The predicted molar refractivity (Wildman–Crippen MR) is 38.1 cm³/mol. The van der Waals surface area contributed by atoms with E-state index in [1.54, 1.807) is 0 Å². The first-order valence-electron chi connectivity index (χ1n) is 1.52. The molecule has 0 aliphatic carbocycles. The van der Waals surface area contributed by atoms with Crippen LogP contribution in [0.1, 0.15) is 0 Å². The van der Waals surface area contributed by atoms with Gasteiger partial charge in [-0.15, -0.1) is 0 Å². The molecule has 0 aromatic rings. The summed E-state index contributed by atoms with van der Waals surface area (Å²) in [6, 6.07) is 0. The van der Waals surface area contributed by atoms with E-state index in [-0.39, 0.29) is 4.32 Å². The van der Waals surface area contributed by atoms with Crippen LogP contribution in [0, 0.1) is 0 Å². The molecule has 0 amide bonds. The van der Waals surface area contributed by atoms with Crippen LogP contribution in [-0.4, -0.2) is 18.5 Å². The molecule has 0 aromatic heterocycles. The number of rotatable bonds is 2. The van der Waals surface area contributed by atoms with E-state index in [4.69, 9.17) is 22.3 Å². The number of thiocarbonyl (C=S) groups is 1. The summed E-state index contributed by atoms with van der Waals surface area (Å²) in [6.07, 6.45) is 0. The van der Waals surface area contributed by atoms with Gasteiger partial charge in [-0.25, -0.2) is 8.42 Å². The Morgan fingerprint density at radius 1 is 1.62 bits per heavy atom. The summed E-state index contributed by atoms with van der Waals surface area (Å²) in [6.45, 7) is 0. The van der Waals surface area contributed by atoms with Gasteiger partial charge in [0.05, 0.1) is 4.32 Å². The first-order valence-corrected chi connectivity index (χ1v) is 4.79. The molecule has 0 spiro atoms. The lowest BCUT2D eigenvalue weighted by molar-refractivity contribution is 0.613. The Morgan fingerprint density at radius 3 is 2.00 bits per heavy atom. The zero-order valence-corrected chi connectivity index (χ0v) is 6.74. The third kappa shape index (κ3) is 6.62. The van der Waals surface area contributed by atoms with Crippen molar-refractivity contribution in [2.75, 3.05) is 5.75 Å². The van der Waals surface area contributed by atoms with Crippen LogP contribution in [0.5, 0.6) is 0 Å². The van der Waals surface area contributed by atoms with Crippen LogP contribution >= 0.6 is 34.5 Å². The molecule has 0 fully saturated rings. The first kappa shape index (κ1) is 8.62. The third-order valence-corrected chi connectivity index (χ3v) is 1.87. The van der Waals surface area contributed by atoms with Crippen LogP contribution in [0.15, 0.2) is 0 Å². The van der Waals surface area contributed by atoms with Gasteiger partial charge >= 0.3 is 0 Å². The fourth-order valence-corrected chi connectivity index (χ4v) is 1.99. The Hall–Kier alpha value is 0.620. The van der Waals surface area contributed by atoms with Gasteiger partial charge in [0.2, 0.25) is 9.05 Å². The van der Waals surface area contributed by atoms with E-state index in [1.165, 1.54) is 0 Å². The molecule has 0 atom stereocenters. The van der Waals surface area contributed by atoms with Crippen molar-refractivity contribution in [3.8, 4) is 0 Å². The fourth-order valence-electron chi connectivity index (χ4n) is 0.136. The van der Waals surface area contributed by atoms with Crippen molar-refractivity contribution >= 4 is 47.9 Å². The van der Waals surface area contributed by atoms with Crippen LogP contribution in [0.25, 0.3) is 0 Å². The van der Waals surface area contributed by atoms with E-state index in [1.807, 2.05) is 0 Å². The van der Waals surface area contributed by atoms with Crippen molar-refractivity contribution in [3.63, 3.8) is 0 Å². The second kappa shape index (κ2) is 2.96. The minimum absolute atomic E-state index is 0.139. The molecule has 0 aliphatic heterocycles. The van der Waals surface area contributed by atoms with Gasteiger partial charge < -0.3 is 0 Å². The second-order valence-electron chi connectivity index (χ2n) is 1.04. The molecule has 0 saturated heterocycles. The quantitative estimate of drug-likeness (QED) is 0.486. The van der Waals surface area contributed by atoms with Gasteiger partial charge in [0.25, 0.3) is 0 Å². The van der Waals surface area contributed by atoms with Crippen LogP contribution in [0.2, 0.25) is 0 Å². The number of hydrogen-bond donors (Lipinski definition) is 0. The highest BCUT2D eigenvalue weighted by Crippen LogP contribution is 1.99. The standard InChI is InChI=1S/C2H2Cl2O2S2/c3-2(7)1-8(4,5)6/h1H2. The zero-order chi connectivity index (χ0) is 6.78. The van der Waals surface area contributed by atoms with Crippen molar-refractivity contribution in [2.45, 2.75) is 0 Å². The van der Waals surface area contributed by atoms with Gasteiger partial charge in [0.15, 0.2) is 0 Å². The van der Waals surface area contributed by atoms with Gasteiger partial charge in [0.1, 0.15) is 5.75 Å². The maximum atomic E-state index is 10.0. The average Bonchev–Trinajstić information content (AvgIpc) is 1.21. The number of hydrogen-bond acceptors (Lipinski definition) is 3. The van der Waals surface area contributed by atoms with Crippen LogP contribution < -0.4 is 0 Å². The molecule has 2 nitrogen and oxygen atoms in total. The summed E-state index contributed by atoms with van der Waals surface area (Å²) < 4.78 is 19.9. The van der Waals surface area contributed by atoms with Gasteiger partial charge in [-0.05, 0) is 0 Å². The van der Waals surface area contributed by atoms with E-state index in [9.17, 15) is 8.42 Å². The number of halogens is 2. The van der Waals surface area contributed by atoms with Crippen molar-refractivity contribution in [1.29, 1.82) is 0 Å². The summed E-state index contributed by atoms with van der Waals surface area (Å²) in [5.41, 5.74) is 0. The molecule has 0 unspecified atom stereocenters. The van der Waals surface area contributed by atoms with Gasteiger partial charge in [0, 0.05) is 10.7 Å². The van der Waals surface area contributed by atoms with Crippen molar-refractivity contribution < 1.29 is 8.42 Å². The Bertz CT molecular complexity index is 182. The van der Waals surface area contributed by atoms with E-state index in [0.29, 0.717) is 0 Å². The molecule has 6 heteroatoms. The first-order chi connectivity index (χ1) is 3.42. The Morgan fingerprint density at radius 2 is 2.00 bits per heavy atom. The zero-order valence-electron chi connectivity index (χ0n) is 3.60. The smallest absolute Gasteiger partial charge is 0.212 e. The van der Waals surface area contributed by atoms with Gasteiger partial charge in [-0.2, -0.15) is 0 Å². The summed E-state index contributed by atoms with van der Waals surface area (Å²) in [4.78, 5) is 0. The normalized spacial score (nSPS) is 11.2. The molecule has 0 radical (unpaired) electrons. The molecular formula is C2H2Cl2O2S2. The summed E-state index contributed by atoms with van der Waals surface area (Å²) in [7, 11) is 1.20. The lowest BCUT2D eigenvalue weighted by Gasteiger charge is -1.85. The Labute approximate surface area is 62.2 Å². The van der Waals surface area contributed by atoms with Crippen LogP contribution in [0.4, 0.5) is 0 Å². The lowest BCUT2D eigenvalue weighted by atomic mass is 11.0. The largest absolute Gasteiger partial charge is 0.238 e. The highest BCUT2D eigenvalue weighted by atomic mass is 35.7. The maximum Gasteiger partial charge on any atom is 0.238 e. The summed E-state index contributed by atoms with van der Waals surface area (Å²) >= 11 is 9.28. The predicted octanol–water partition coefficient (Wildman–Crippen LogP) is 1.12. The molecule has 0 heterocycles. The summed E-state index contributed by atoms with van der Waals surface area (Å²) in [5, 5.41) is 0. The van der Waals surface area contributed by atoms with Gasteiger partial charge in [-0.3, -0.25) is 0 Å². The minimum atomic E-state index is -3.52. The molecule has 0 rings (SSSR count). The molecular weight excluding hydrogens is 191 g/mol. The average molecular weight is 193 g/mol. The molecule has 8 heavy (non-hydrogen) atoms. The van der Waals surface area contributed by atoms with E-state index in [0.717, 1.165) is 0 Å². The van der Waals surface area contributed by atoms with E-state index < -0.39 is 14.8 Å². The molecule has 0 aliphatic rings. The lowest BCUT2D eigenvalue weighted by Crippen LogP contribution is -2.01. The highest BCUT2D eigenvalue weighted by molar-refractivity contribution is 8.15.